The lowest BCUT2D eigenvalue weighted by atomic mass is 10.1. The van der Waals surface area contributed by atoms with Crippen LogP contribution in [0.5, 0.6) is 0 Å². The molecule has 0 radical (unpaired) electrons. The summed E-state index contributed by atoms with van der Waals surface area (Å²) in [4.78, 5) is 10.7. The number of carbonyl (C=O) groups is 1. The standard InChI is InChI=1S/C6H16N4O/c7-4-2-1-3-5(8)6(11)10-9/h5H,1-4,7-9H2,(H,10,11)/t5-/m0/s1. The maximum absolute atomic E-state index is 10.7. The maximum atomic E-state index is 10.7. The average Bonchev–Trinajstić information content (AvgIpc) is 2.03. The quantitative estimate of drug-likeness (QED) is 0.169. The van der Waals surface area contributed by atoms with E-state index >= 15 is 0 Å². The molecule has 1 amide bonds. The van der Waals surface area contributed by atoms with Gasteiger partial charge in [0.05, 0.1) is 6.04 Å². The van der Waals surface area contributed by atoms with E-state index < -0.39 is 6.04 Å². The first-order chi connectivity index (χ1) is 5.22. The van der Waals surface area contributed by atoms with Crippen LogP contribution in [0, 0.1) is 0 Å². The summed E-state index contributed by atoms with van der Waals surface area (Å²) in [6, 6.07) is -0.494. The lowest BCUT2D eigenvalue weighted by Crippen LogP contribution is -2.43. The molecule has 11 heavy (non-hydrogen) atoms. The molecule has 0 aliphatic carbocycles. The molecule has 0 spiro atoms. The van der Waals surface area contributed by atoms with Crippen LogP contribution >= 0.6 is 0 Å². The average molecular weight is 160 g/mol. The summed E-state index contributed by atoms with van der Waals surface area (Å²) >= 11 is 0. The Kier molecular flexibility index (Phi) is 5.73. The lowest BCUT2D eigenvalue weighted by Gasteiger charge is -2.07. The van der Waals surface area contributed by atoms with Crippen molar-refractivity contribution >= 4 is 5.91 Å². The highest BCUT2D eigenvalue weighted by Crippen LogP contribution is 1.96. The van der Waals surface area contributed by atoms with E-state index in [0.29, 0.717) is 13.0 Å². The van der Waals surface area contributed by atoms with Crippen molar-refractivity contribution in [2.75, 3.05) is 6.54 Å². The predicted octanol–water partition coefficient (Wildman–Crippen LogP) is -1.57. The molecule has 0 aromatic rings. The first-order valence-corrected chi connectivity index (χ1v) is 3.68. The van der Waals surface area contributed by atoms with Crippen molar-refractivity contribution in [2.24, 2.45) is 17.3 Å². The van der Waals surface area contributed by atoms with E-state index in [9.17, 15) is 4.79 Å². The van der Waals surface area contributed by atoms with Gasteiger partial charge in [0, 0.05) is 0 Å². The molecule has 0 fully saturated rings. The van der Waals surface area contributed by atoms with Gasteiger partial charge in [0.1, 0.15) is 0 Å². The number of carbonyl (C=O) groups excluding carboxylic acids is 1. The summed E-state index contributed by atoms with van der Waals surface area (Å²) < 4.78 is 0. The Labute approximate surface area is 66.3 Å². The Morgan fingerprint density at radius 1 is 1.45 bits per heavy atom. The van der Waals surface area contributed by atoms with Crippen molar-refractivity contribution in [2.45, 2.75) is 25.3 Å². The minimum Gasteiger partial charge on any atom is -0.330 e. The van der Waals surface area contributed by atoms with E-state index in [0.717, 1.165) is 12.8 Å². The summed E-state index contributed by atoms with van der Waals surface area (Å²) in [6.45, 7) is 0.636. The SMILES string of the molecule is NCCCC[C@H](N)C(=O)NN. The molecule has 7 N–H and O–H groups in total. The van der Waals surface area contributed by atoms with Gasteiger partial charge in [-0.1, -0.05) is 6.42 Å². The molecule has 0 aliphatic heterocycles. The minimum atomic E-state index is -0.494. The van der Waals surface area contributed by atoms with Crippen molar-refractivity contribution in [1.82, 2.24) is 5.43 Å². The molecule has 0 heterocycles. The van der Waals surface area contributed by atoms with Gasteiger partial charge in [0.15, 0.2) is 0 Å². The summed E-state index contributed by atoms with van der Waals surface area (Å²) in [5.41, 5.74) is 12.7. The second kappa shape index (κ2) is 6.09. The highest BCUT2D eigenvalue weighted by atomic mass is 16.2. The van der Waals surface area contributed by atoms with E-state index in [4.69, 9.17) is 17.3 Å². The first kappa shape index (κ1) is 10.3. The molecule has 0 aromatic heterocycles. The number of unbranched alkanes of at least 4 members (excludes halogenated alkanes) is 1. The molecular weight excluding hydrogens is 144 g/mol. The molecule has 0 aromatic carbocycles. The summed E-state index contributed by atoms with van der Waals surface area (Å²) in [5, 5.41) is 0. The van der Waals surface area contributed by atoms with Crippen LogP contribution in [0.1, 0.15) is 19.3 Å². The third kappa shape index (κ3) is 4.72. The molecule has 0 saturated heterocycles. The predicted molar refractivity (Wildman–Crippen MR) is 43.2 cm³/mol. The van der Waals surface area contributed by atoms with Crippen LogP contribution in [0.2, 0.25) is 0 Å². The van der Waals surface area contributed by atoms with Gasteiger partial charge in [-0.2, -0.15) is 0 Å². The topological polar surface area (TPSA) is 107 Å². The fraction of sp³-hybridized carbons (Fsp3) is 0.833. The first-order valence-electron chi connectivity index (χ1n) is 3.68. The number of amides is 1. The summed E-state index contributed by atoms with van der Waals surface area (Å²) in [7, 11) is 0. The molecule has 0 rings (SSSR count). The number of hydrogen-bond acceptors (Lipinski definition) is 4. The largest absolute Gasteiger partial charge is 0.330 e. The zero-order valence-corrected chi connectivity index (χ0v) is 6.55. The van der Waals surface area contributed by atoms with E-state index in [1.807, 2.05) is 5.43 Å². The molecule has 1 atom stereocenters. The van der Waals surface area contributed by atoms with E-state index in [2.05, 4.69) is 0 Å². The molecular formula is C6H16N4O. The Bertz CT molecular complexity index is 117. The molecule has 0 bridgehead atoms. The zero-order valence-electron chi connectivity index (χ0n) is 6.55. The van der Waals surface area contributed by atoms with Crippen LogP contribution < -0.4 is 22.7 Å². The van der Waals surface area contributed by atoms with Crippen LogP contribution in [0.4, 0.5) is 0 Å². The number of hydrogen-bond donors (Lipinski definition) is 4. The molecule has 5 heteroatoms. The lowest BCUT2D eigenvalue weighted by molar-refractivity contribution is -0.122. The van der Waals surface area contributed by atoms with Crippen molar-refractivity contribution in [1.29, 1.82) is 0 Å². The van der Waals surface area contributed by atoms with Crippen molar-refractivity contribution in [3.8, 4) is 0 Å². The molecule has 0 saturated carbocycles. The van der Waals surface area contributed by atoms with Gasteiger partial charge in [-0.05, 0) is 19.4 Å². The van der Waals surface area contributed by atoms with Crippen LogP contribution in [-0.2, 0) is 4.79 Å². The Balaban J connectivity index is 3.36. The van der Waals surface area contributed by atoms with Crippen molar-refractivity contribution in [3.63, 3.8) is 0 Å². The van der Waals surface area contributed by atoms with E-state index in [1.165, 1.54) is 0 Å². The number of rotatable bonds is 5. The second-order valence-corrected chi connectivity index (χ2v) is 2.40. The third-order valence-electron chi connectivity index (χ3n) is 1.45. The third-order valence-corrected chi connectivity index (χ3v) is 1.45. The van der Waals surface area contributed by atoms with Gasteiger partial charge in [0.2, 0.25) is 0 Å². The fourth-order valence-electron chi connectivity index (χ4n) is 0.747. The van der Waals surface area contributed by atoms with Gasteiger partial charge in [-0.3, -0.25) is 10.2 Å². The Hall–Kier alpha value is -0.650. The van der Waals surface area contributed by atoms with Crippen LogP contribution in [0.15, 0.2) is 0 Å². The summed E-state index contributed by atoms with van der Waals surface area (Å²) in [5.74, 6) is 4.56. The minimum absolute atomic E-state index is 0.318. The number of nitrogens with one attached hydrogen (secondary N) is 1. The van der Waals surface area contributed by atoms with Crippen molar-refractivity contribution < 1.29 is 4.79 Å². The van der Waals surface area contributed by atoms with Crippen molar-refractivity contribution in [3.05, 3.63) is 0 Å². The number of hydrazine groups is 1. The number of nitrogens with two attached hydrogens (primary N) is 3. The van der Waals surface area contributed by atoms with Gasteiger partial charge in [0.25, 0.3) is 5.91 Å². The molecule has 0 aliphatic rings. The Morgan fingerprint density at radius 2 is 2.09 bits per heavy atom. The van der Waals surface area contributed by atoms with Crippen LogP contribution in [0.25, 0.3) is 0 Å². The summed E-state index contributed by atoms with van der Waals surface area (Å²) in [6.07, 6.45) is 2.40. The van der Waals surface area contributed by atoms with Gasteiger partial charge >= 0.3 is 0 Å². The van der Waals surface area contributed by atoms with E-state index in [-0.39, 0.29) is 5.91 Å². The monoisotopic (exact) mass is 160 g/mol. The fourth-order valence-corrected chi connectivity index (χ4v) is 0.747. The highest BCUT2D eigenvalue weighted by molar-refractivity contribution is 5.80. The van der Waals surface area contributed by atoms with Crippen LogP contribution in [0.3, 0.4) is 0 Å². The van der Waals surface area contributed by atoms with E-state index in [1.54, 1.807) is 0 Å². The second-order valence-electron chi connectivity index (χ2n) is 2.40. The highest BCUT2D eigenvalue weighted by Gasteiger charge is 2.09. The normalized spacial score (nSPS) is 12.6. The zero-order chi connectivity index (χ0) is 8.69. The maximum Gasteiger partial charge on any atom is 0.250 e. The van der Waals surface area contributed by atoms with Gasteiger partial charge < -0.3 is 11.5 Å². The van der Waals surface area contributed by atoms with Crippen LogP contribution in [-0.4, -0.2) is 18.5 Å². The molecule has 5 nitrogen and oxygen atoms in total. The van der Waals surface area contributed by atoms with Gasteiger partial charge in [-0.25, -0.2) is 5.84 Å². The smallest absolute Gasteiger partial charge is 0.250 e. The van der Waals surface area contributed by atoms with Gasteiger partial charge in [-0.15, -0.1) is 0 Å². The Morgan fingerprint density at radius 3 is 2.55 bits per heavy atom. The molecule has 66 valence electrons. The molecule has 0 unspecified atom stereocenters.